The van der Waals surface area contributed by atoms with Gasteiger partial charge in [-0.1, -0.05) is 6.92 Å². The van der Waals surface area contributed by atoms with E-state index in [1.165, 1.54) is 5.69 Å². The lowest BCUT2D eigenvalue weighted by Gasteiger charge is -2.02. The summed E-state index contributed by atoms with van der Waals surface area (Å²) >= 11 is 1.67. The maximum atomic E-state index is 4.45. The molecule has 0 fully saturated rings. The Morgan fingerprint density at radius 3 is 3.00 bits per heavy atom. The molecular weight excluding hydrogens is 220 g/mol. The summed E-state index contributed by atoms with van der Waals surface area (Å²) in [5.74, 6) is 0. The van der Waals surface area contributed by atoms with Crippen LogP contribution in [0, 0.1) is 0 Å². The minimum Gasteiger partial charge on any atom is -0.361 e. The molecule has 1 N–H and O–H groups in total. The number of rotatable bonds is 5. The van der Waals surface area contributed by atoms with E-state index in [4.69, 9.17) is 0 Å². The highest BCUT2D eigenvalue weighted by molar-refractivity contribution is 7.13. The summed E-state index contributed by atoms with van der Waals surface area (Å²) < 4.78 is 1.90. The molecule has 0 bridgehead atoms. The van der Waals surface area contributed by atoms with Crippen LogP contribution in [0.4, 0.5) is 5.13 Å². The van der Waals surface area contributed by atoms with E-state index < -0.39 is 0 Å². The van der Waals surface area contributed by atoms with E-state index in [0.29, 0.717) is 0 Å². The van der Waals surface area contributed by atoms with Gasteiger partial charge in [0.05, 0.1) is 5.69 Å². The van der Waals surface area contributed by atoms with E-state index in [2.05, 4.69) is 27.7 Å². The van der Waals surface area contributed by atoms with Crippen LogP contribution in [0.3, 0.4) is 0 Å². The fourth-order valence-corrected chi connectivity index (χ4v) is 2.32. The Hall–Kier alpha value is -1.36. The third kappa shape index (κ3) is 2.61. The Kier molecular flexibility index (Phi) is 3.56. The van der Waals surface area contributed by atoms with Crippen LogP contribution >= 0.6 is 11.3 Å². The Bertz CT molecular complexity index is 446. The van der Waals surface area contributed by atoms with Gasteiger partial charge < -0.3 is 5.32 Å². The van der Waals surface area contributed by atoms with Gasteiger partial charge in [0.1, 0.15) is 0 Å². The number of hydrogen-bond acceptors (Lipinski definition) is 4. The molecule has 0 saturated heterocycles. The van der Waals surface area contributed by atoms with Crippen LogP contribution in [0.5, 0.6) is 0 Å². The Morgan fingerprint density at radius 2 is 2.38 bits per heavy atom. The maximum Gasteiger partial charge on any atom is 0.182 e. The fourth-order valence-electron chi connectivity index (χ4n) is 1.49. The summed E-state index contributed by atoms with van der Waals surface area (Å²) in [4.78, 5) is 4.45. The zero-order valence-electron chi connectivity index (χ0n) is 9.60. The van der Waals surface area contributed by atoms with Gasteiger partial charge in [-0.15, -0.1) is 11.3 Å². The van der Waals surface area contributed by atoms with Crippen molar-refractivity contribution >= 4 is 16.5 Å². The van der Waals surface area contributed by atoms with Gasteiger partial charge in [0.2, 0.25) is 0 Å². The van der Waals surface area contributed by atoms with Crippen molar-refractivity contribution in [3.8, 4) is 0 Å². The van der Waals surface area contributed by atoms with Crippen LogP contribution in [0.2, 0.25) is 0 Å². The van der Waals surface area contributed by atoms with E-state index in [1.54, 1.807) is 11.3 Å². The van der Waals surface area contributed by atoms with E-state index in [9.17, 15) is 0 Å². The number of anilines is 1. The first-order chi connectivity index (χ1) is 7.79. The highest BCUT2D eigenvalue weighted by Crippen LogP contribution is 2.15. The Morgan fingerprint density at radius 1 is 1.50 bits per heavy atom. The molecule has 86 valence electrons. The van der Waals surface area contributed by atoms with Crippen LogP contribution in [-0.2, 0) is 19.9 Å². The number of hydrogen-bond donors (Lipinski definition) is 1. The first kappa shape index (κ1) is 11.1. The topological polar surface area (TPSA) is 42.7 Å². The highest BCUT2D eigenvalue weighted by Gasteiger charge is 2.01. The SMILES string of the molecule is CCc1csc(NCCc2ccnn2C)n1. The molecule has 0 aliphatic rings. The molecule has 5 heteroatoms. The maximum absolute atomic E-state index is 4.45. The van der Waals surface area contributed by atoms with Crippen LogP contribution < -0.4 is 5.32 Å². The molecule has 0 atom stereocenters. The molecule has 2 aromatic rings. The lowest BCUT2D eigenvalue weighted by atomic mass is 10.3. The zero-order valence-corrected chi connectivity index (χ0v) is 10.4. The van der Waals surface area contributed by atoms with Gasteiger partial charge in [0.15, 0.2) is 5.13 Å². The molecule has 2 heterocycles. The summed E-state index contributed by atoms with van der Waals surface area (Å²) in [6.45, 7) is 3.02. The summed E-state index contributed by atoms with van der Waals surface area (Å²) in [6.07, 6.45) is 3.80. The van der Waals surface area contributed by atoms with Gasteiger partial charge in [-0.25, -0.2) is 4.98 Å². The smallest absolute Gasteiger partial charge is 0.182 e. The lowest BCUT2D eigenvalue weighted by Crippen LogP contribution is -2.08. The first-order valence-corrected chi connectivity index (χ1v) is 6.32. The predicted molar refractivity (Wildman–Crippen MR) is 66.9 cm³/mol. The van der Waals surface area contributed by atoms with Crippen molar-refractivity contribution in [1.29, 1.82) is 0 Å². The van der Waals surface area contributed by atoms with E-state index >= 15 is 0 Å². The molecule has 2 rings (SSSR count). The molecular formula is C11H16N4S. The molecule has 2 aromatic heterocycles. The molecule has 4 nitrogen and oxygen atoms in total. The van der Waals surface area contributed by atoms with E-state index in [1.807, 2.05) is 24.0 Å². The average Bonchev–Trinajstić information content (AvgIpc) is 2.89. The van der Waals surface area contributed by atoms with Gasteiger partial charge in [-0.2, -0.15) is 5.10 Å². The molecule has 0 saturated carbocycles. The molecule has 0 aliphatic carbocycles. The van der Waals surface area contributed by atoms with Crippen molar-refractivity contribution in [2.75, 3.05) is 11.9 Å². The van der Waals surface area contributed by atoms with Crippen molar-refractivity contribution in [2.24, 2.45) is 7.05 Å². The molecule has 0 aliphatic heterocycles. The average molecular weight is 236 g/mol. The van der Waals surface area contributed by atoms with Crippen LogP contribution in [0.25, 0.3) is 0 Å². The summed E-state index contributed by atoms with van der Waals surface area (Å²) in [7, 11) is 1.97. The van der Waals surface area contributed by atoms with Gasteiger partial charge >= 0.3 is 0 Å². The van der Waals surface area contributed by atoms with Gasteiger partial charge in [0, 0.05) is 37.3 Å². The normalized spacial score (nSPS) is 10.6. The van der Waals surface area contributed by atoms with Crippen molar-refractivity contribution in [3.05, 3.63) is 29.0 Å². The monoisotopic (exact) mass is 236 g/mol. The number of thiazole rings is 1. The number of aryl methyl sites for hydroxylation is 2. The minimum atomic E-state index is 0.899. The van der Waals surface area contributed by atoms with Crippen molar-refractivity contribution in [2.45, 2.75) is 19.8 Å². The van der Waals surface area contributed by atoms with E-state index in [0.717, 1.165) is 30.2 Å². The molecule has 0 aromatic carbocycles. The van der Waals surface area contributed by atoms with Crippen molar-refractivity contribution in [1.82, 2.24) is 14.8 Å². The molecule has 16 heavy (non-hydrogen) atoms. The Balaban J connectivity index is 1.82. The van der Waals surface area contributed by atoms with Gasteiger partial charge in [0.25, 0.3) is 0 Å². The molecule has 0 amide bonds. The summed E-state index contributed by atoms with van der Waals surface area (Å²) in [5, 5.41) is 10.6. The minimum absolute atomic E-state index is 0.899. The fraction of sp³-hybridized carbons (Fsp3) is 0.455. The lowest BCUT2D eigenvalue weighted by molar-refractivity contribution is 0.711. The zero-order chi connectivity index (χ0) is 11.4. The number of nitrogens with zero attached hydrogens (tertiary/aromatic N) is 3. The van der Waals surface area contributed by atoms with E-state index in [-0.39, 0.29) is 0 Å². The third-order valence-electron chi connectivity index (χ3n) is 2.49. The largest absolute Gasteiger partial charge is 0.361 e. The molecule has 0 unspecified atom stereocenters. The third-order valence-corrected chi connectivity index (χ3v) is 3.34. The van der Waals surface area contributed by atoms with Crippen LogP contribution in [0.1, 0.15) is 18.3 Å². The van der Waals surface area contributed by atoms with Gasteiger partial charge in [-0.05, 0) is 12.5 Å². The second-order valence-electron chi connectivity index (χ2n) is 3.62. The number of nitrogens with one attached hydrogen (secondary N) is 1. The standard InChI is InChI=1S/C11H16N4S/c1-3-9-8-16-11(14-9)12-6-4-10-5-7-13-15(10)2/h5,7-8H,3-4,6H2,1-2H3,(H,12,14). The second-order valence-corrected chi connectivity index (χ2v) is 4.48. The van der Waals surface area contributed by atoms with Crippen molar-refractivity contribution < 1.29 is 0 Å². The highest BCUT2D eigenvalue weighted by atomic mass is 32.1. The quantitative estimate of drug-likeness (QED) is 0.864. The van der Waals surface area contributed by atoms with Gasteiger partial charge in [-0.3, -0.25) is 4.68 Å². The molecule has 0 radical (unpaired) electrons. The predicted octanol–water partition coefficient (Wildman–Crippen LogP) is 2.09. The summed E-state index contributed by atoms with van der Waals surface area (Å²) in [6, 6.07) is 2.04. The second kappa shape index (κ2) is 5.12. The first-order valence-electron chi connectivity index (χ1n) is 5.44. The Labute approximate surface area is 99.3 Å². The van der Waals surface area contributed by atoms with Crippen LogP contribution in [-0.4, -0.2) is 21.3 Å². The number of aromatic nitrogens is 3. The van der Waals surface area contributed by atoms with Crippen LogP contribution in [0.15, 0.2) is 17.6 Å². The van der Waals surface area contributed by atoms with Crippen molar-refractivity contribution in [3.63, 3.8) is 0 Å². The molecule has 0 spiro atoms. The summed E-state index contributed by atoms with van der Waals surface area (Å²) in [5.41, 5.74) is 2.40.